The highest BCUT2D eigenvalue weighted by molar-refractivity contribution is 5.83. The monoisotopic (exact) mass is 423 g/mol. The number of fused-ring (bicyclic) bond motifs is 3. The van der Waals surface area contributed by atoms with Gasteiger partial charge < -0.3 is 20.1 Å². The van der Waals surface area contributed by atoms with Gasteiger partial charge in [-0.3, -0.25) is 9.59 Å². The van der Waals surface area contributed by atoms with Gasteiger partial charge in [0.1, 0.15) is 19.7 Å². The molecule has 0 fully saturated rings. The van der Waals surface area contributed by atoms with Crippen LogP contribution in [0.4, 0.5) is 4.79 Å². The summed E-state index contributed by atoms with van der Waals surface area (Å²) in [6.07, 6.45) is -0.667. The lowest BCUT2D eigenvalue weighted by atomic mass is 9.98. The van der Waals surface area contributed by atoms with E-state index in [2.05, 4.69) is 15.3 Å². The van der Waals surface area contributed by atoms with Crippen molar-refractivity contribution in [1.29, 1.82) is 0 Å². The van der Waals surface area contributed by atoms with Crippen molar-refractivity contribution in [3.63, 3.8) is 0 Å². The van der Waals surface area contributed by atoms with Crippen LogP contribution in [0.2, 0.25) is 0 Å². The molecule has 0 saturated heterocycles. The second kappa shape index (κ2) is 10.1. The SMILES string of the molecule is [N-]=[N+]=NCC(=O)N(CCNC(=O)OCC1c2ccccc2-c2ccccc21)CC(=O)O. The van der Waals surface area contributed by atoms with Gasteiger partial charge in [-0.25, -0.2) is 4.79 Å². The number of carbonyl (C=O) groups excluding carboxylic acids is 2. The van der Waals surface area contributed by atoms with Gasteiger partial charge >= 0.3 is 12.1 Å². The summed E-state index contributed by atoms with van der Waals surface area (Å²) in [6.45, 7) is -0.975. The Labute approximate surface area is 178 Å². The van der Waals surface area contributed by atoms with Gasteiger partial charge in [0.2, 0.25) is 5.91 Å². The molecule has 10 nitrogen and oxygen atoms in total. The number of benzene rings is 2. The molecule has 3 rings (SSSR count). The number of amides is 2. The van der Waals surface area contributed by atoms with Gasteiger partial charge in [-0.05, 0) is 27.8 Å². The second-order valence-corrected chi connectivity index (χ2v) is 6.85. The summed E-state index contributed by atoms with van der Waals surface area (Å²) in [7, 11) is 0. The van der Waals surface area contributed by atoms with Crippen LogP contribution in [0.1, 0.15) is 17.0 Å². The number of hydrogen-bond donors (Lipinski definition) is 2. The van der Waals surface area contributed by atoms with E-state index in [0.29, 0.717) is 0 Å². The summed E-state index contributed by atoms with van der Waals surface area (Å²) in [4.78, 5) is 38.4. The van der Waals surface area contributed by atoms with Crippen molar-refractivity contribution in [3.05, 3.63) is 70.1 Å². The lowest BCUT2D eigenvalue weighted by Gasteiger charge is -2.20. The van der Waals surface area contributed by atoms with Gasteiger partial charge in [0.25, 0.3) is 0 Å². The molecule has 2 N–H and O–H groups in total. The van der Waals surface area contributed by atoms with Crippen molar-refractivity contribution in [2.24, 2.45) is 5.11 Å². The number of carboxylic acids is 1. The highest BCUT2D eigenvalue weighted by atomic mass is 16.5. The third kappa shape index (κ3) is 5.31. The maximum atomic E-state index is 12.1. The zero-order chi connectivity index (χ0) is 22.2. The number of alkyl carbamates (subject to hydrolysis) is 1. The second-order valence-electron chi connectivity index (χ2n) is 6.85. The highest BCUT2D eigenvalue weighted by Crippen LogP contribution is 2.44. The molecule has 2 amide bonds. The summed E-state index contributed by atoms with van der Waals surface area (Å²) in [6, 6.07) is 15.9. The molecule has 0 unspecified atom stereocenters. The standard InChI is InChI=1S/C21H21N5O5/c22-25-24-11-19(27)26(12-20(28)29)10-9-23-21(30)31-13-18-16-7-3-1-5-14(16)15-6-2-4-8-17(15)18/h1-8,18H,9-13H2,(H,23,30)(H,28,29). The van der Waals surface area contributed by atoms with E-state index in [1.807, 2.05) is 48.5 Å². The number of rotatable bonds is 9. The third-order valence-electron chi connectivity index (χ3n) is 4.94. The van der Waals surface area contributed by atoms with Crippen LogP contribution in [-0.4, -0.2) is 60.8 Å². The average Bonchev–Trinajstić information content (AvgIpc) is 3.09. The smallest absolute Gasteiger partial charge is 0.407 e. The van der Waals surface area contributed by atoms with Crippen molar-refractivity contribution in [1.82, 2.24) is 10.2 Å². The Morgan fingerprint density at radius 2 is 1.71 bits per heavy atom. The number of ether oxygens (including phenoxy) is 1. The van der Waals surface area contributed by atoms with Crippen LogP contribution in [0.3, 0.4) is 0 Å². The van der Waals surface area contributed by atoms with Gasteiger partial charge in [0.15, 0.2) is 0 Å². The maximum absolute atomic E-state index is 12.1. The molecule has 1 aliphatic rings. The van der Waals surface area contributed by atoms with E-state index in [1.54, 1.807) is 0 Å². The summed E-state index contributed by atoms with van der Waals surface area (Å²) < 4.78 is 5.39. The Morgan fingerprint density at radius 3 is 2.29 bits per heavy atom. The van der Waals surface area contributed by atoms with E-state index < -0.39 is 31.1 Å². The molecule has 0 radical (unpaired) electrons. The summed E-state index contributed by atoms with van der Waals surface area (Å²) in [5, 5.41) is 14.6. The molecular weight excluding hydrogens is 402 g/mol. The van der Waals surface area contributed by atoms with Gasteiger partial charge in [-0.1, -0.05) is 53.6 Å². The zero-order valence-corrected chi connectivity index (χ0v) is 16.6. The minimum absolute atomic E-state index is 0.00797. The van der Waals surface area contributed by atoms with E-state index in [-0.39, 0.29) is 25.6 Å². The predicted molar refractivity (Wildman–Crippen MR) is 111 cm³/mol. The molecule has 31 heavy (non-hydrogen) atoms. The highest BCUT2D eigenvalue weighted by Gasteiger charge is 2.29. The predicted octanol–water partition coefficient (Wildman–Crippen LogP) is 2.75. The number of nitrogens with one attached hydrogen (secondary N) is 1. The van der Waals surface area contributed by atoms with Crippen LogP contribution in [0.5, 0.6) is 0 Å². The van der Waals surface area contributed by atoms with Gasteiger partial charge in [0.05, 0.1) is 0 Å². The van der Waals surface area contributed by atoms with Crippen LogP contribution in [0.25, 0.3) is 21.6 Å². The molecule has 10 heteroatoms. The topological polar surface area (TPSA) is 145 Å². The number of azide groups is 1. The summed E-state index contributed by atoms with van der Waals surface area (Å²) in [5.74, 6) is -1.93. The normalized spacial score (nSPS) is 11.6. The number of carboxylic acid groups (broad SMARTS) is 1. The summed E-state index contributed by atoms with van der Waals surface area (Å²) in [5.41, 5.74) is 12.7. The molecule has 0 aromatic heterocycles. The number of hydrogen-bond acceptors (Lipinski definition) is 5. The Morgan fingerprint density at radius 1 is 1.10 bits per heavy atom. The summed E-state index contributed by atoms with van der Waals surface area (Å²) >= 11 is 0. The van der Waals surface area contributed by atoms with E-state index >= 15 is 0 Å². The fraction of sp³-hybridized carbons (Fsp3) is 0.286. The fourth-order valence-electron chi connectivity index (χ4n) is 3.59. The molecule has 0 saturated carbocycles. The Balaban J connectivity index is 1.54. The minimum atomic E-state index is -1.21. The lowest BCUT2D eigenvalue weighted by Crippen LogP contribution is -2.42. The van der Waals surface area contributed by atoms with Gasteiger partial charge in [0, 0.05) is 23.9 Å². The molecule has 0 bridgehead atoms. The molecule has 2 aromatic carbocycles. The molecule has 0 aliphatic heterocycles. The Kier molecular flexibility index (Phi) is 7.08. The fourth-order valence-corrected chi connectivity index (χ4v) is 3.59. The van der Waals surface area contributed by atoms with Crippen molar-refractivity contribution < 1.29 is 24.2 Å². The average molecular weight is 423 g/mol. The lowest BCUT2D eigenvalue weighted by molar-refractivity contribution is -0.143. The van der Waals surface area contributed by atoms with Crippen molar-refractivity contribution in [2.75, 3.05) is 32.8 Å². The largest absolute Gasteiger partial charge is 0.480 e. The van der Waals surface area contributed by atoms with E-state index in [0.717, 1.165) is 27.2 Å². The Hall–Kier alpha value is -4.04. The molecule has 0 heterocycles. The van der Waals surface area contributed by atoms with E-state index in [4.69, 9.17) is 15.4 Å². The maximum Gasteiger partial charge on any atom is 0.407 e. The first kappa shape index (κ1) is 21.7. The molecule has 0 atom stereocenters. The van der Waals surface area contributed by atoms with E-state index in [1.165, 1.54) is 0 Å². The van der Waals surface area contributed by atoms with Crippen molar-refractivity contribution >= 4 is 18.0 Å². The van der Waals surface area contributed by atoms with Crippen molar-refractivity contribution in [3.8, 4) is 11.1 Å². The molecular formula is C21H21N5O5. The number of nitrogens with zero attached hydrogens (tertiary/aromatic N) is 4. The van der Waals surface area contributed by atoms with Crippen LogP contribution in [0, 0.1) is 0 Å². The molecule has 1 aliphatic carbocycles. The Bertz CT molecular complexity index is 989. The molecule has 2 aromatic rings. The molecule has 160 valence electrons. The first-order chi connectivity index (χ1) is 15.0. The first-order valence-electron chi connectivity index (χ1n) is 9.60. The van der Waals surface area contributed by atoms with Crippen LogP contribution in [0.15, 0.2) is 53.6 Å². The van der Waals surface area contributed by atoms with Crippen LogP contribution < -0.4 is 5.32 Å². The third-order valence-corrected chi connectivity index (χ3v) is 4.94. The minimum Gasteiger partial charge on any atom is -0.480 e. The van der Waals surface area contributed by atoms with Crippen LogP contribution in [-0.2, 0) is 14.3 Å². The quantitative estimate of drug-likeness (QED) is 0.362. The van der Waals surface area contributed by atoms with Crippen molar-refractivity contribution in [2.45, 2.75) is 5.92 Å². The number of carbonyl (C=O) groups is 3. The van der Waals surface area contributed by atoms with Crippen LogP contribution >= 0.6 is 0 Å². The number of aliphatic carboxylic acids is 1. The molecule has 0 spiro atoms. The first-order valence-corrected chi connectivity index (χ1v) is 9.60. The zero-order valence-electron chi connectivity index (χ0n) is 16.6. The van der Waals surface area contributed by atoms with Gasteiger partial charge in [-0.2, -0.15) is 0 Å². The van der Waals surface area contributed by atoms with E-state index in [9.17, 15) is 14.4 Å². The van der Waals surface area contributed by atoms with Gasteiger partial charge in [-0.15, -0.1) is 0 Å².